The molecule has 0 unspecified atom stereocenters. The summed E-state index contributed by atoms with van der Waals surface area (Å²) in [4.78, 5) is 52.8. The Morgan fingerprint density at radius 2 is 1.82 bits per heavy atom. The Morgan fingerprint density at radius 3 is 2.48 bits per heavy atom. The van der Waals surface area contributed by atoms with E-state index in [2.05, 4.69) is 10.6 Å². The van der Waals surface area contributed by atoms with Gasteiger partial charge in [-0.2, -0.15) is 5.90 Å². The first-order valence-electron chi connectivity index (χ1n) is 12.9. The number of carboxylic acids is 1. The molecule has 2 aromatic carbocycles. The molecular formula is C28H37N3O9. The monoisotopic (exact) mass is 559 g/mol. The number of aliphatic hydroxyl groups excluding tert-OH is 1. The van der Waals surface area contributed by atoms with Crippen LogP contribution in [0.4, 0.5) is 4.79 Å². The Balaban J connectivity index is 1.89. The first-order chi connectivity index (χ1) is 19.1. The number of aliphatic carboxylic acids is 1. The summed E-state index contributed by atoms with van der Waals surface area (Å²) in [5.41, 5.74) is 0.296. The molecule has 0 aliphatic rings. The number of carbonyl (C=O) groups is 4. The van der Waals surface area contributed by atoms with Crippen molar-refractivity contribution in [1.29, 1.82) is 0 Å². The number of hydrogen-bond donors (Lipinski definition) is 5. The lowest BCUT2D eigenvalue weighted by atomic mass is 9.90. The zero-order valence-electron chi connectivity index (χ0n) is 22.8. The standard InChI is InChI=1S/C28H37N3O9/c1-17(26(34)35)9-12-23(31-19(3)33)18(2)24(13-15-32)39-28(37)30-14-6-16-38-27(36)22-11-10-20-7-4-5-8-21(20)25(22)40-29/h4-5,7-11,18,23-24,32H,6,12-16,29H2,1-3H3,(H,30,37)(H,31,33)(H,34,35)/b17-9+/t18-,23-,24-/m1/s1. The number of nitrogens with two attached hydrogens (primary N) is 1. The van der Waals surface area contributed by atoms with E-state index in [0.29, 0.717) is 11.8 Å². The van der Waals surface area contributed by atoms with Crippen LogP contribution in [0.5, 0.6) is 5.75 Å². The maximum absolute atomic E-state index is 12.6. The molecule has 0 radical (unpaired) electrons. The molecule has 0 spiro atoms. The Morgan fingerprint density at radius 1 is 1.10 bits per heavy atom. The van der Waals surface area contributed by atoms with E-state index >= 15 is 0 Å². The normalized spacial score (nSPS) is 13.6. The highest BCUT2D eigenvalue weighted by molar-refractivity contribution is 6.01. The summed E-state index contributed by atoms with van der Waals surface area (Å²) in [5.74, 6) is 3.14. The number of benzene rings is 2. The predicted molar refractivity (Wildman–Crippen MR) is 146 cm³/mol. The van der Waals surface area contributed by atoms with E-state index in [-0.39, 0.29) is 55.4 Å². The third-order valence-corrected chi connectivity index (χ3v) is 6.34. The van der Waals surface area contributed by atoms with Gasteiger partial charge in [0.1, 0.15) is 11.7 Å². The summed E-state index contributed by atoms with van der Waals surface area (Å²) in [5, 5.41) is 25.4. The van der Waals surface area contributed by atoms with Crippen molar-refractivity contribution in [3.8, 4) is 5.75 Å². The molecule has 0 aliphatic heterocycles. The van der Waals surface area contributed by atoms with E-state index in [4.69, 9.17) is 25.3 Å². The molecule has 12 heteroatoms. The maximum atomic E-state index is 12.6. The van der Waals surface area contributed by atoms with Crippen molar-refractivity contribution in [3.63, 3.8) is 0 Å². The van der Waals surface area contributed by atoms with E-state index in [9.17, 15) is 24.3 Å². The van der Waals surface area contributed by atoms with Crippen LogP contribution in [-0.2, 0) is 19.1 Å². The van der Waals surface area contributed by atoms with Crippen molar-refractivity contribution in [2.24, 2.45) is 11.8 Å². The largest absolute Gasteiger partial charge is 0.478 e. The molecule has 0 fully saturated rings. The van der Waals surface area contributed by atoms with E-state index < -0.39 is 36.1 Å². The van der Waals surface area contributed by atoms with Crippen LogP contribution >= 0.6 is 0 Å². The van der Waals surface area contributed by atoms with Crippen LogP contribution in [-0.4, -0.2) is 66.1 Å². The lowest BCUT2D eigenvalue weighted by molar-refractivity contribution is -0.132. The smallest absolute Gasteiger partial charge is 0.407 e. The number of hydrogen-bond acceptors (Lipinski definition) is 9. The van der Waals surface area contributed by atoms with Crippen molar-refractivity contribution in [3.05, 3.63) is 53.6 Å². The van der Waals surface area contributed by atoms with Crippen LogP contribution in [0.25, 0.3) is 10.8 Å². The molecule has 0 aromatic heterocycles. The van der Waals surface area contributed by atoms with Gasteiger partial charge >= 0.3 is 18.0 Å². The van der Waals surface area contributed by atoms with Gasteiger partial charge in [0.15, 0.2) is 5.75 Å². The molecule has 3 atom stereocenters. The zero-order valence-corrected chi connectivity index (χ0v) is 22.8. The second-order valence-corrected chi connectivity index (χ2v) is 9.25. The summed E-state index contributed by atoms with van der Waals surface area (Å²) in [6.07, 6.45) is 0.579. The third kappa shape index (κ3) is 9.54. The Hall–Kier alpha value is -4.16. The molecule has 218 valence electrons. The molecule has 0 saturated heterocycles. The minimum Gasteiger partial charge on any atom is -0.478 e. The van der Waals surface area contributed by atoms with Crippen molar-refractivity contribution < 1.29 is 43.7 Å². The Bertz CT molecular complexity index is 1210. The predicted octanol–water partition coefficient (Wildman–Crippen LogP) is 2.68. The van der Waals surface area contributed by atoms with Crippen LogP contribution < -0.4 is 21.4 Å². The quantitative estimate of drug-likeness (QED) is 0.0940. The molecule has 0 bridgehead atoms. The van der Waals surface area contributed by atoms with Gasteiger partial charge in [0.05, 0.1) is 6.61 Å². The molecule has 12 nitrogen and oxygen atoms in total. The van der Waals surface area contributed by atoms with Gasteiger partial charge in [-0.05, 0) is 31.2 Å². The minimum absolute atomic E-state index is 0.00624. The third-order valence-electron chi connectivity index (χ3n) is 6.34. The highest BCUT2D eigenvalue weighted by Crippen LogP contribution is 2.29. The average Bonchev–Trinajstić information content (AvgIpc) is 2.93. The van der Waals surface area contributed by atoms with Gasteiger partial charge in [0.2, 0.25) is 5.91 Å². The fourth-order valence-electron chi connectivity index (χ4n) is 4.09. The molecule has 0 aliphatic carbocycles. The summed E-state index contributed by atoms with van der Waals surface area (Å²) in [6, 6.07) is 10.1. The number of ether oxygens (including phenoxy) is 2. The molecule has 0 saturated carbocycles. The summed E-state index contributed by atoms with van der Waals surface area (Å²) >= 11 is 0. The first-order valence-corrected chi connectivity index (χ1v) is 12.9. The number of nitrogens with one attached hydrogen (secondary N) is 2. The second kappa shape index (κ2) is 16.1. The van der Waals surface area contributed by atoms with E-state index in [1.165, 1.54) is 19.9 Å². The number of carbonyl (C=O) groups excluding carboxylic acids is 3. The number of amides is 2. The lowest BCUT2D eigenvalue weighted by Gasteiger charge is -2.30. The fraction of sp³-hybridized carbons (Fsp3) is 0.429. The van der Waals surface area contributed by atoms with Crippen LogP contribution in [0, 0.1) is 5.92 Å². The van der Waals surface area contributed by atoms with Gasteiger partial charge in [-0.1, -0.05) is 43.3 Å². The molecule has 2 aromatic rings. The highest BCUT2D eigenvalue weighted by Gasteiger charge is 2.29. The Labute approximate surface area is 232 Å². The van der Waals surface area contributed by atoms with Gasteiger partial charge in [0, 0.05) is 49.4 Å². The van der Waals surface area contributed by atoms with Crippen LogP contribution in [0.1, 0.15) is 50.4 Å². The first kappa shape index (κ1) is 32.1. The van der Waals surface area contributed by atoms with Crippen molar-refractivity contribution in [2.75, 3.05) is 19.8 Å². The maximum Gasteiger partial charge on any atom is 0.407 e. The molecule has 2 rings (SSSR count). The number of alkyl carbamates (subject to hydrolysis) is 1. The lowest BCUT2D eigenvalue weighted by Crippen LogP contribution is -2.45. The number of rotatable bonds is 15. The zero-order chi connectivity index (χ0) is 29.7. The fourth-order valence-corrected chi connectivity index (χ4v) is 4.09. The number of aliphatic hydroxyl groups is 1. The number of fused-ring (bicyclic) bond motifs is 1. The second-order valence-electron chi connectivity index (χ2n) is 9.25. The number of carboxylic acid groups (broad SMARTS) is 1. The minimum atomic E-state index is -1.08. The molecule has 40 heavy (non-hydrogen) atoms. The average molecular weight is 560 g/mol. The van der Waals surface area contributed by atoms with Crippen LogP contribution in [0.2, 0.25) is 0 Å². The van der Waals surface area contributed by atoms with Crippen LogP contribution in [0.15, 0.2) is 48.0 Å². The molecule has 6 N–H and O–H groups in total. The van der Waals surface area contributed by atoms with E-state index in [0.717, 1.165) is 5.39 Å². The summed E-state index contributed by atoms with van der Waals surface area (Å²) in [7, 11) is 0. The number of esters is 1. The van der Waals surface area contributed by atoms with E-state index in [1.807, 2.05) is 12.1 Å². The van der Waals surface area contributed by atoms with E-state index in [1.54, 1.807) is 31.2 Å². The van der Waals surface area contributed by atoms with Crippen molar-refractivity contribution in [1.82, 2.24) is 10.6 Å². The van der Waals surface area contributed by atoms with Gasteiger partial charge in [-0.3, -0.25) is 4.79 Å². The summed E-state index contributed by atoms with van der Waals surface area (Å²) < 4.78 is 10.8. The Kier molecular flexibility index (Phi) is 12.9. The molecule has 0 heterocycles. The summed E-state index contributed by atoms with van der Waals surface area (Å²) in [6.45, 7) is 4.39. The highest BCUT2D eigenvalue weighted by atomic mass is 16.6. The topological polar surface area (TPSA) is 187 Å². The van der Waals surface area contributed by atoms with Crippen molar-refractivity contribution in [2.45, 2.75) is 52.2 Å². The van der Waals surface area contributed by atoms with Gasteiger partial charge in [0.25, 0.3) is 0 Å². The van der Waals surface area contributed by atoms with Gasteiger partial charge in [-0.25, -0.2) is 14.4 Å². The van der Waals surface area contributed by atoms with Crippen molar-refractivity contribution >= 4 is 34.7 Å². The molecule has 2 amide bonds. The molecular weight excluding hydrogens is 522 g/mol. The SMILES string of the molecule is CC(=O)N[C@H](C/C=C(\C)C(=O)O)[C@@H](C)[C@@H](CCO)OC(=O)NCCCOC(=O)c1ccc2ccccc2c1ON. The van der Waals surface area contributed by atoms with Gasteiger partial charge < -0.3 is 35.2 Å². The van der Waals surface area contributed by atoms with Gasteiger partial charge in [-0.15, -0.1) is 0 Å². The van der Waals surface area contributed by atoms with Crippen LogP contribution in [0.3, 0.4) is 0 Å².